The number of hydrogen-bond acceptors (Lipinski definition) is 2. The molecule has 1 aliphatic carbocycles. The molecule has 4 heteroatoms. The molecule has 1 aromatic carbocycles. The largest absolute Gasteiger partial charge is 0.380 e. The molecule has 1 aliphatic rings. The molecule has 0 saturated heterocycles. The van der Waals surface area contributed by atoms with Gasteiger partial charge in [-0.15, -0.1) is 0 Å². The van der Waals surface area contributed by atoms with Crippen molar-refractivity contribution >= 4 is 23.2 Å². The van der Waals surface area contributed by atoms with Crippen LogP contribution in [0.5, 0.6) is 0 Å². The predicted octanol–water partition coefficient (Wildman–Crippen LogP) is 4.21. The van der Waals surface area contributed by atoms with Crippen LogP contribution >= 0.6 is 23.2 Å². The minimum atomic E-state index is 0.250. The molecule has 1 aromatic rings. The van der Waals surface area contributed by atoms with Gasteiger partial charge >= 0.3 is 0 Å². The highest BCUT2D eigenvalue weighted by atomic mass is 35.5. The lowest BCUT2D eigenvalue weighted by Crippen LogP contribution is -2.38. The van der Waals surface area contributed by atoms with Crippen LogP contribution in [0.4, 0.5) is 0 Å². The summed E-state index contributed by atoms with van der Waals surface area (Å²) < 4.78 is 5.49. The van der Waals surface area contributed by atoms with E-state index in [0.717, 1.165) is 12.0 Å². The van der Waals surface area contributed by atoms with E-state index in [1.54, 1.807) is 7.11 Å². The Bertz CT molecular complexity index is 411. The Kier molecular flexibility index (Phi) is 4.91. The zero-order chi connectivity index (χ0) is 13.1. The Morgan fingerprint density at radius 3 is 2.72 bits per heavy atom. The fourth-order valence-corrected chi connectivity index (χ4v) is 2.90. The summed E-state index contributed by atoms with van der Waals surface area (Å²) in [7, 11) is 1.79. The van der Waals surface area contributed by atoms with Gasteiger partial charge in [0.25, 0.3) is 0 Å². The van der Waals surface area contributed by atoms with Crippen LogP contribution < -0.4 is 5.32 Å². The van der Waals surface area contributed by atoms with E-state index in [2.05, 4.69) is 12.2 Å². The second-order valence-electron chi connectivity index (χ2n) is 4.87. The second kappa shape index (κ2) is 6.25. The van der Waals surface area contributed by atoms with Gasteiger partial charge in [0.15, 0.2) is 0 Å². The molecule has 3 atom stereocenters. The Hall–Kier alpha value is -0.280. The van der Waals surface area contributed by atoms with Crippen LogP contribution in [0.1, 0.15) is 37.8 Å². The van der Waals surface area contributed by atoms with Crippen molar-refractivity contribution in [1.29, 1.82) is 0 Å². The highest BCUT2D eigenvalue weighted by molar-refractivity contribution is 6.42. The van der Waals surface area contributed by atoms with Gasteiger partial charge < -0.3 is 10.1 Å². The monoisotopic (exact) mass is 287 g/mol. The number of rotatable bonds is 4. The topological polar surface area (TPSA) is 21.3 Å². The van der Waals surface area contributed by atoms with E-state index in [9.17, 15) is 0 Å². The third-order valence-electron chi connectivity index (χ3n) is 3.66. The first-order chi connectivity index (χ1) is 8.61. The van der Waals surface area contributed by atoms with Gasteiger partial charge in [-0.25, -0.2) is 0 Å². The first-order valence-corrected chi connectivity index (χ1v) is 7.11. The molecular formula is C14H19Cl2NO. The Morgan fingerprint density at radius 1 is 1.28 bits per heavy atom. The van der Waals surface area contributed by atoms with E-state index in [-0.39, 0.29) is 6.04 Å². The Labute approximate surface area is 119 Å². The van der Waals surface area contributed by atoms with E-state index in [4.69, 9.17) is 27.9 Å². The molecule has 0 bridgehead atoms. The van der Waals surface area contributed by atoms with E-state index >= 15 is 0 Å². The summed E-state index contributed by atoms with van der Waals surface area (Å²) >= 11 is 12.0. The van der Waals surface area contributed by atoms with E-state index in [1.807, 2.05) is 18.2 Å². The van der Waals surface area contributed by atoms with E-state index in [1.165, 1.54) is 12.8 Å². The summed E-state index contributed by atoms with van der Waals surface area (Å²) in [5.41, 5.74) is 1.16. The summed E-state index contributed by atoms with van der Waals surface area (Å²) in [6, 6.07) is 6.47. The number of halogens is 2. The van der Waals surface area contributed by atoms with Crippen molar-refractivity contribution in [3.8, 4) is 0 Å². The van der Waals surface area contributed by atoms with Crippen LogP contribution in [0, 0.1) is 0 Å². The fraction of sp³-hybridized carbons (Fsp3) is 0.571. The molecule has 18 heavy (non-hydrogen) atoms. The first kappa shape index (κ1) is 14.1. The first-order valence-electron chi connectivity index (χ1n) is 6.35. The van der Waals surface area contributed by atoms with Crippen molar-refractivity contribution < 1.29 is 4.74 Å². The average Bonchev–Trinajstić information content (AvgIpc) is 2.79. The van der Waals surface area contributed by atoms with Crippen molar-refractivity contribution in [2.75, 3.05) is 7.11 Å². The van der Waals surface area contributed by atoms with Gasteiger partial charge in [0.2, 0.25) is 0 Å². The minimum absolute atomic E-state index is 0.250. The van der Waals surface area contributed by atoms with E-state index < -0.39 is 0 Å². The lowest BCUT2D eigenvalue weighted by Gasteiger charge is -2.24. The standard InChI is InChI=1S/C14H19Cl2NO/c1-9(10-6-7-11(15)12(16)8-10)17-13-4-3-5-14(13)18-2/h6-9,13-14,17H,3-5H2,1-2H3. The Balaban J connectivity index is 2.02. The van der Waals surface area contributed by atoms with Crippen LogP contribution in [0.15, 0.2) is 18.2 Å². The maximum atomic E-state index is 6.05. The maximum absolute atomic E-state index is 6.05. The second-order valence-corrected chi connectivity index (χ2v) is 5.69. The zero-order valence-electron chi connectivity index (χ0n) is 10.7. The van der Waals surface area contributed by atoms with Crippen molar-refractivity contribution in [3.63, 3.8) is 0 Å². The normalized spacial score (nSPS) is 25.3. The third-order valence-corrected chi connectivity index (χ3v) is 4.40. The summed E-state index contributed by atoms with van der Waals surface area (Å²) in [6.45, 7) is 2.14. The number of nitrogens with one attached hydrogen (secondary N) is 1. The quantitative estimate of drug-likeness (QED) is 0.896. The van der Waals surface area contributed by atoms with Gasteiger partial charge in [0.1, 0.15) is 0 Å². The van der Waals surface area contributed by atoms with Crippen LogP contribution in [0.25, 0.3) is 0 Å². The van der Waals surface area contributed by atoms with Gasteiger partial charge in [-0.3, -0.25) is 0 Å². The molecule has 0 heterocycles. The molecule has 0 amide bonds. The molecule has 0 aromatic heterocycles. The molecule has 3 unspecified atom stereocenters. The number of ether oxygens (including phenoxy) is 1. The van der Waals surface area contributed by atoms with Crippen LogP contribution in [-0.2, 0) is 4.74 Å². The molecule has 100 valence electrons. The van der Waals surface area contributed by atoms with Crippen LogP contribution in [0.2, 0.25) is 10.0 Å². The van der Waals surface area contributed by atoms with Gasteiger partial charge in [0.05, 0.1) is 16.1 Å². The third kappa shape index (κ3) is 3.18. The number of benzene rings is 1. The van der Waals surface area contributed by atoms with Crippen molar-refractivity contribution in [2.24, 2.45) is 0 Å². The molecule has 0 aliphatic heterocycles. The van der Waals surface area contributed by atoms with Gasteiger partial charge in [-0.1, -0.05) is 29.3 Å². The number of methoxy groups -OCH3 is 1. The maximum Gasteiger partial charge on any atom is 0.0724 e. The molecular weight excluding hydrogens is 269 g/mol. The van der Waals surface area contributed by atoms with Gasteiger partial charge in [-0.2, -0.15) is 0 Å². The highest BCUT2D eigenvalue weighted by Gasteiger charge is 2.28. The SMILES string of the molecule is COC1CCCC1NC(C)c1ccc(Cl)c(Cl)c1. The van der Waals surface area contributed by atoms with Crippen molar-refractivity contribution in [1.82, 2.24) is 5.32 Å². The summed E-state index contributed by atoms with van der Waals surface area (Å²) in [4.78, 5) is 0. The molecule has 1 fully saturated rings. The molecule has 0 spiro atoms. The number of hydrogen-bond donors (Lipinski definition) is 1. The van der Waals surface area contributed by atoms with Gasteiger partial charge in [-0.05, 0) is 43.9 Å². The van der Waals surface area contributed by atoms with Gasteiger partial charge in [0, 0.05) is 19.2 Å². The highest BCUT2D eigenvalue weighted by Crippen LogP contribution is 2.28. The van der Waals surface area contributed by atoms with E-state index in [0.29, 0.717) is 22.2 Å². The van der Waals surface area contributed by atoms with Crippen molar-refractivity contribution in [3.05, 3.63) is 33.8 Å². The zero-order valence-corrected chi connectivity index (χ0v) is 12.3. The lowest BCUT2D eigenvalue weighted by molar-refractivity contribution is 0.0820. The van der Waals surface area contributed by atoms with Crippen molar-refractivity contribution in [2.45, 2.75) is 44.4 Å². The minimum Gasteiger partial charge on any atom is -0.380 e. The average molecular weight is 288 g/mol. The van der Waals surface area contributed by atoms with Crippen LogP contribution in [-0.4, -0.2) is 19.3 Å². The molecule has 2 rings (SSSR count). The smallest absolute Gasteiger partial charge is 0.0724 e. The molecule has 1 saturated carbocycles. The summed E-state index contributed by atoms with van der Waals surface area (Å²) in [5, 5.41) is 4.83. The Morgan fingerprint density at radius 2 is 2.06 bits per heavy atom. The summed E-state index contributed by atoms with van der Waals surface area (Å²) in [6.07, 6.45) is 3.87. The predicted molar refractivity (Wildman–Crippen MR) is 76.4 cm³/mol. The molecule has 2 nitrogen and oxygen atoms in total. The lowest BCUT2D eigenvalue weighted by atomic mass is 10.1. The van der Waals surface area contributed by atoms with Crippen LogP contribution in [0.3, 0.4) is 0 Å². The molecule has 0 radical (unpaired) electrons. The molecule has 1 N–H and O–H groups in total. The summed E-state index contributed by atoms with van der Waals surface area (Å²) in [5.74, 6) is 0. The fourth-order valence-electron chi connectivity index (χ4n) is 2.60.